The Hall–Kier alpha value is -1.25. The van der Waals surface area contributed by atoms with Crippen molar-refractivity contribution in [1.82, 2.24) is 5.32 Å². The molecule has 0 fully saturated rings. The minimum Gasteiger partial charge on any atom is -0.468 e. The van der Waals surface area contributed by atoms with Crippen molar-refractivity contribution in [1.29, 1.82) is 0 Å². The van der Waals surface area contributed by atoms with Crippen LogP contribution in [0, 0.1) is 0 Å². The van der Waals surface area contributed by atoms with Crippen molar-refractivity contribution in [2.24, 2.45) is 0 Å². The summed E-state index contributed by atoms with van der Waals surface area (Å²) in [5, 5.41) is 4.21. The average molecular weight is 250 g/mol. The molecule has 1 heterocycles. The normalized spacial score (nSPS) is 12.6. The first kappa shape index (κ1) is 12.2. The molecule has 0 amide bonds. The van der Waals surface area contributed by atoms with E-state index in [4.69, 9.17) is 16.0 Å². The van der Waals surface area contributed by atoms with Gasteiger partial charge in [0.15, 0.2) is 0 Å². The Morgan fingerprint density at radius 3 is 2.88 bits per heavy atom. The summed E-state index contributed by atoms with van der Waals surface area (Å²) in [6, 6.07) is 12.2. The van der Waals surface area contributed by atoms with Gasteiger partial charge < -0.3 is 9.73 Å². The summed E-state index contributed by atoms with van der Waals surface area (Å²) in [5.74, 6) is 0.961. The van der Waals surface area contributed by atoms with E-state index in [-0.39, 0.29) is 0 Å². The van der Waals surface area contributed by atoms with E-state index in [0.29, 0.717) is 6.04 Å². The van der Waals surface area contributed by atoms with Crippen LogP contribution in [0.15, 0.2) is 47.1 Å². The summed E-state index contributed by atoms with van der Waals surface area (Å²) in [6.07, 6.45) is 2.65. The zero-order valence-corrected chi connectivity index (χ0v) is 10.6. The summed E-state index contributed by atoms with van der Waals surface area (Å²) in [5.41, 5.74) is 1.25. The molecule has 0 radical (unpaired) electrons. The summed E-state index contributed by atoms with van der Waals surface area (Å²) in [6.45, 7) is 2.92. The third-order valence-corrected chi connectivity index (χ3v) is 2.87. The van der Waals surface area contributed by atoms with Crippen LogP contribution in [0.25, 0.3) is 0 Å². The SMILES string of the molecule is CC(Cc1cccc(Cl)c1)NCc1ccco1. The number of hydrogen-bond donors (Lipinski definition) is 1. The predicted molar refractivity (Wildman–Crippen MR) is 70.2 cm³/mol. The highest BCUT2D eigenvalue weighted by atomic mass is 35.5. The van der Waals surface area contributed by atoms with E-state index >= 15 is 0 Å². The topological polar surface area (TPSA) is 25.2 Å². The summed E-state index contributed by atoms with van der Waals surface area (Å²) in [4.78, 5) is 0. The van der Waals surface area contributed by atoms with E-state index in [1.807, 2.05) is 30.3 Å². The van der Waals surface area contributed by atoms with Crippen LogP contribution >= 0.6 is 11.6 Å². The van der Waals surface area contributed by atoms with E-state index < -0.39 is 0 Å². The van der Waals surface area contributed by atoms with Gasteiger partial charge in [0, 0.05) is 11.1 Å². The van der Waals surface area contributed by atoms with Crippen LogP contribution < -0.4 is 5.32 Å². The largest absolute Gasteiger partial charge is 0.468 e. The summed E-state index contributed by atoms with van der Waals surface area (Å²) in [7, 11) is 0. The molecule has 2 nitrogen and oxygen atoms in total. The lowest BCUT2D eigenvalue weighted by Gasteiger charge is -2.13. The molecule has 1 atom stereocenters. The lowest BCUT2D eigenvalue weighted by atomic mass is 10.1. The van der Waals surface area contributed by atoms with E-state index in [0.717, 1.165) is 23.7 Å². The maximum atomic E-state index is 5.95. The first-order chi connectivity index (χ1) is 8.24. The van der Waals surface area contributed by atoms with Gasteiger partial charge in [0.05, 0.1) is 12.8 Å². The molecule has 90 valence electrons. The molecule has 0 spiro atoms. The van der Waals surface area contributed by atoms with Crippen molar-refractivity contribution in [3.8, 4) is 0 Å². The van der Waals surface area contributed by atoms with Gasteiger partial charge in [-0.25, -0.2) is 0 Å². The lowest BCUT2D eigenvalue weighted by Crippen LogP contribution is -2.27. The van der Waals surface area contributed by atoms with Crippen LogP contribution in [0.4, 0.5) is 0 Å². The van der Waals surface area contributed by atoms with E-state index in [1.165, 1.54) is 5.56 Å². The Balaban J connectivity index is 1.83. The van der Waals surface area contributed by atoms with Crippen molar-refractivity contribution < 1.29 is 4.42 Å². The molecule has 2 rings (SSSR count). The Kier molecular flexibility index (Phi) is 4.24. The molecule has 0 saturated heterocycles. The maximum absolute atomic E-state index is 5.95. The van der Waals surface area contributed by atoms with Gasteiger partial charge in [-0.15, -0.1) is 0 Å². The molecule has 0 bridgehead atoms. The van der Waals surface area contributed by atoms with Gasteiger partial charge in [-0.2, -0.15) is 0 Å². The van der Waals surface area contributed by atoms with Crippen LogP contribution in [-0.4, -0.2) is 6.04 Å². The molecule has 0 saturated carbocycles. The van der Waals surface area contributed by atoms with Gasteiger partial charge in [-0.3, -0.25) is 0 Å². The van der Waals surface area contributed by atoms with Gasteiger partial charge >= 0.3 is 0 Å². The number of rotatable bonds is 5. The zero-order chi connectivity index (χ0) is 12.1. The number of benzene rings is 1. The quantitative estimate of drug-likeness (QED) is 0.875. The third kappa shape index (κ3) is 3.91. The molecule has 1 N–H and O–H groups in total. The Morgan fingerprint density at radius 2 is 2.18 bits per heavy atom. The summed E-state index contributed by atoms with van der Waals surface area (Å²) < 4.78 is 5.27. The number of nitrogens with one attached hydrogen (secondary N) is 1. The highest BCUT2D eigenvalue weighted by Gasteiger charge is 2.04. The zero-order valence-electron chi connectivity index (χ0n) is 9.82. The Labute approximate surface area is 107 Å². The van der Waals surface area contributed by atoms with E-state index in [2.05, 4.69) is 18.3 Å². The molecule has 0 aliphatic rings. The monoisotopic (exact) mass is 249 g/mol. The molecule has 0 aliphatic heterocycles. The fourth-order valence-electron chi connectivity index (χ4n) is 1.78. The second kappa shape index (κ2) is 5.89. The van der Waals surface area contributed by atoms with Crippen molar-refractivity contribution in [3.63, 3.8) is 0 Å². The first-order valence-electron chi connectivity index (χ1n) is 5.74. The molecule has 2 aromatic rings. The van der Waals surface area contributed by atoms with Crippen molar-refractivity contribution in [2.45, 2.75) is 25.9 Å². The summed E-state index contributed by atoms with van der Waals surface area (Å²) >= 11 is 5.95. The van der Waals surface area contributed by atoms with Crippen molar-refractivity contribution in [3.05, 3.63) is 59.0 Å². The number of hydrogen-bond acceptors (Lipinski definition) is 2. The van der Waals surface area contributed by atoms with E-state index in [1.54, 1.807) is 6.26 Å². The Bertz CT molecular complexity index is 453. The van der Waals surface area contributed by atoms with Crippen LogP contribution in [-0.2, 0) is 13.0 Å². The van der Waals surface area contributed by atoms with Gasteiger partial charge in [-0.05, 0) is 43.2 Å². The van der Waals surface area contributed by atoms with Gasteiger partial charge in [0.25, 0.3) is 0 Å². The maximum Gasteiger partial charge on any atom is 0.117 e. The fraction of sp³-hybridized carbons (Fsp3) is 0.286. The van der Waals surface area contributed by atoms with Gasteiger partial charge in [0.2, 0.25) is 0 Å². The van der Waals surface area contributed by atoms with Crippen molar-refractivity contribution in [2.75, 3.05) is 0 Å². The number of furan rings is 1. The predicted octanol–water partition coefficient (Wildman–Crippen LogP) is 3.65. The molecule has 1 unspecified atom stereocenters. The highest BCUT2D eigenvalue weighted by molar-refractivity contribution is 6.30. The highest BCUT2D eigenvalue weighted by Crippen LogP contribution is 2.12. The van der Waals surface area contributed by atoms with Crippen LogP contribution in [0.5, 0.6) is 0 Å². The molecule has 1 aromatic heterocycles. The standard InChI is InChI=1S/C14H16ClNO/c1-11(16-10-14-6-3-7-17-14)8-12-4-2-5-13(15)9-12/h2-7,9,11,16H,8,10H2,1H3. The number of halogens is 1. The molecule has 1 aromatic carbocycles. The van der Waals surface area contributed by atoms with Gasteiger partial charge in [-0.1, -0.05) is 23.7 Å². The lowest BCUT2D eigenvalue weighted by molar-refractivity contribution is 0.453. The van der Waals surface area contributed by atoms with Crippen molar-refractivity contribution >= 4 is 11.6 Å². The third-order valence-electron chi connectivity index (χ3n) is 2.64. The average Bonchev–Trinajstić information content (AvgIpc) is 2.79. The second-order valence-electron chi connectivity index (χ2n) is 4.20. The first-order valence-corrected chi connectivity index (χ1v) is 6.12. The minimum atomic E-state index is 0.388. The van der Waals surface area contributed by atoms with Crippen LogP contribution in [0.3, 0.4) is 0 Å². The minimum absolute atomic E-state index is 0.388. The molecular weight excluding hydrogens is 234 g/mol. The van der Waals surface area contributed by atoms with Crippen LogP contribution in [0.2, 0.25) is 5.02 Å². The smallest absolute Gasteiger partial charge is 0.117 e. The molecular formula is C14H16ClNO. The van der Waals surface area contributed by atoms with E-state index in [9.17, 15) is 0 Å². The molecule has 0 aliphatic carbocycles. The fourth-order valence-corrected chi connectivity index (χ4v) is 1.99. The Morgan fingerprint density at radius 1 is 1.29 bits per heavy atom. The molecule has 3 heteroatoms. The second-order valence-corrected chi connectivity index (χ2v) is 4.63. The van der Waals surface area contributed by atoms with Crippen LogP contribution in [0.1, 0.15) is 18.2 Å². The van der Waals surface area contributed by atoms with Gasteiger partial charge in [0.1, 0.15) is 5.76 Å². The molecule has 17 heavy (non-hydrogen) atoms.